The molecule has 0 atom stereocenters. The minimum absolute atomic E-state index is 0.0139. The molecule has 3 nitrogen and oxygen atoms in total. The van der Waals surface area contributed by atoms with Crippen LogP contribution >= 0.6 is 0 Å². The largest absolute Gasteiger partial charge is 0.326 e. The molecule has 0 saturated heterocycles. The third-order valence-corrected chi connectivity index (χ3v) is 2.98. The van der Waals surface area contributed by atoms with Crippen LogP contribution in [-0.4, -0.2) is 4.57 Å². The predicted molar refractivity (Wildman–Crippen MR) is 72.2 cm³/mol. The lowest BCUT2D eigenvalue weighted by Crippen LogP contribution is -2.32. The molecular weight excluding hydrogens is 212 g/mol. The average Bonchev–Trinajstić information content (AvgIpc) is 2.25. The monoisotopic (exact) mass is 236 g/mol. The zero-order chi connectivity index (χ0) is 13.1. The second kappa shape index (κ2) is 5.50. The molecule has 1 rings (SSSR count). The molecule has 0 aliphatic rings. The number of aromatic nitrogens is 1. The van der Waals surface area contributed by atoms with Gasteiger partial charge in [0.15, 0.2) is 0 Å². The first-order chi connectivity index (χ1) is 7.91. The van der Waals surface area contributed by atoms with Gasteiger partial charge in [-0.2, -0.15) is 0 Å². The van der Waals surface area contributed by atoms with Crippen molar-refractivity contribution < 1.29 is 0 Å². The summed E-state index contributed by atoms with van der Waals surface area (Å²) in [7, 11) is 0. The summed E-state index contributed by atoms with van der Waals surface area (Å²) < 4.78 is 1.89. The van der Waals surface area contributed by atoms with Crippen molar-refractivity contribution in [1.29, 1.82) is 0 Å². The number of rotatable bonds is 4. The van der Waals surface area contributed by atoms with E-state index in [2.05, 4.69) is 27.7 Å². The highest BCUT2D eigenvalue weighted by Crippen LogP contribution is 2.21. The molecule has 2 N–H and O–H groups in total. The van der Waals surface area contributed by atoms with Crippen LogP contribution in [0.1, 0.15) is 51.8 Å². The Balaban J connectivity index is 3.31. The zero-order valence-electron chi connectivity index (χ0n) is 11.4. The first-order valence-electron chi connectivity index (χ1n) is 6.35. The Morgan fingerprint density at radius 1 is 1.29 bits per heavy atom. The Morgan fingerprint density at radius 3 is 2.41 bits per heavy atom. The van der Waals surface area contributed by atoms with Gasteiger partial charge >= 0.3 is 0 Å². The van der Waals surface area contributed by atoms with Crippen LogP contribution in [-0.2, 0) is 18.5 Å². The highest BCUT2D eigenvalue weighted by atomic mass is 16.1. The maximum absolute atomic E-state index is 12.3. The van der Waals surface area contributed by atoms with Crippen LogP contribution in [0.3, 0.4) is 0 Å². The van der Waals surface area contributed by atoms with Gasteiger partial charge in [0.2, 0.25) is 0 Å². The Bertz CT molecular complexity index is 427. The first kappa shape index (κ1) is 14.0. The number of hydrogen-bond acceptors (Lipinski definition) is 2. The van der Waals surface area contributed by atoms with E-state index in [0.717, 1.165) is 25.1 Å². The van der Waals surface area contributed by atoms with Crippen molar-refractivity contribution in [3.63, 3.8) is 0 Å². The van der Waals surface area contributed by atoms with Crippen molar-refractivity contribution in [1.82, 2.24) is 4.57 Å². The molecule has 0 amide bonds. The van der Waals surface area contributed by atoms with Gasteiger partial charge in [0.25, 0.3) is 5.56 Å². The summed E-state index contributed by atoms with van der Waals surface area (Å²) in [6.45, 7) is 9.63. The second-order valence-corrected chi connectivity index (χ2v) is 5.51. The van der Waals surface area contributed by atoms with E-state index in [9.17, 15) is 4.79 Å². The summed E-state index contributed by atoms with van der Waals surface area (Å²) in [6.07, 6.45) is 2.11. The molecule has 0 radical (unpaired) electrons. The fraction of sp³-hybridized carbons (Fsp3) is 0.643. The lowest BCUT2D eigenvalue weighted by molar-refractivity contribution is 0.487. The van der Waals surface area contributed by atoms with Crippen LogP contribution < -0.4 is 11.3 Å². The molecule has 17 heavy (non-hydrogen) atoms. The topological polar surface area (TPSA) is 48.0 Å². The highest BCUT2D eigenvalue weighted by Gasteiger charge is 2.19. The van der Waals surface area contributed by atoms with Crippen molar-refractivity contribution in [2.45, 2.75) is 59.0 Å². The van der Waals surface area contributed by atoms with Crippen LogP contribution in [0.25, 0.3) is 0 Å². The maximum Gasteiger partial charge on any atom is 0.255 e. The molecular formula is C14H24N2O. The summed E-state index contributed by atoms with van der Waals surface area (Å²) in [5.74, 6) is 0. The van der Waals surface area contributed by atoms with Gasteiger partial charge in [-0.05, 0) is 12.5 Å². The molecule has 0 aliphatic heterocycles. The Morgan fingerprint density at radius 2 is 1.94 bits per heavy atom. The number of pyridine rings is 1. The van der Waals surface area contributed by atoms with Gasteiger partial charge in [-0.15, -0.1) is 0 Å². The normalized spacial score (nSPS) is 11.8. The van der Waals surface area contributed by atoms with Gasteiger partial charge < -0.3 is 10.3 Å². The van der Waals surface area contributed by atoms with E-state index >= 15 is 0 Å². The van der Waals surface area contributed by atoms with Gasteiger partial charge in [-0.25, -0.2) is 0 Å². The molecule has 0 aromatic carbocycles. The molecule has 0 bridgehead atoms. The number of hydrogen-bond donors (Lipinski definition) is 1. The number of nitrogens with two attached hydrogens (primary N) is 1. The smallest absolute Gasteiger partial charge is 0.255 e. The molecule has 3 heteroatoms. The summed E-state index contributed by atoms with van der Waals surface area (Å²) in [4.78, 5) is 12.3. The Kier molecular flexibility index (Phi) is 4.52. The van der Waals surface area contributed by atoms with Crippen molar-refractivity contribution in [2.75, 3.05) is 0 Å². The second-order valence-electron chi connectivity index (χ2n) is 5.51. The van der Waals surface area contributed by atoms with E-state index in [4.69, 9.17) is 5.73 Å². The number of unbranched alkanes of at least 4 members (excludes halogenated alkanes) is 1. The van der Waals surface area contributed by atoms with Crippen molar-refractivity contribution in [2.24, 2.45) is 5.73 Å². The maximum atomic E-state index is 12.3. The van der Waals surface area contributed by atoms with E-state index in [1.165, 1.54) is 0 Å². The molecule has 0 spiro atoms. The summed E-state index contributed by atoms with van der Waals surface area (Å²) in [5, 5.41) is 0. The van der Waals surface area contributed by atoms with E-state index in [1.807, 2.05) is 16.7 Å². The average molecular weight is 236 g/mol. The SMILES string of the molecule is CCCCn1c(C(C)(C)C)ccc(CN)c1=O. The van der Waals surface area contributed by atoms with Gasteiger partial charge in [0, 0.05) is 29.8 Å². The van der Waals surface area contributed by atoms with Crippen LogP contribution in [0, 0.1) is 0 Å². The van der Waals surface area contributed by atoms with Crippen molar-refractivity contribution in [3.8, 4) is 0 Å². The molecule has 1 heterocycles. The molecule has 0 fully saturated rings. The Hall–Kier alpha value is -1.09. The van der Waals surface area contributed by atoms with Crippen LogP contribution in [0.4, 0.5) is 0 Å². The third-order valence-electron chi connectivity index (χ3n) is 2.98. The van der Waals surface area contributed by atoms with Crippen LogP contribution in [0.2, 0.25) is 0 Å². The van der Waals surface area contributed by atoms with E-state index in [1.54, 1.807) is 0 Å². The van der Waals surface area contributed by atoms with E-state index in [0.29, 0.717) is 12.1 Å². The van der Waals surface area contributed by atoms with Crippen LogP contribution in [0.5, 0.6) is 0 Å². The Labute approximate surface area is 104 Å². The van der Waals surface area contributed by atoms with Crippen molar-refractivity contribution >= 4 is 0 Å². The van der Waals surface area contributed by atoms with Gasteiger partial charge in [0.1, 0.15) is 0 Å². The minimum Gasteiger partial charge on any atom is -0.326 e. The highest BCUT2D eigenvalue weighted by molar-refractivity contribution is 5.21. The van der Waals surface area contributed by atoms with Gasteiger partial charge in [0.05, 0.1) is 0 Å². The zero-order valence-corrected chi connectivity index (χ0v) is 11.4. The quantitative estimate of drug-likeness (QED) is 0.872. The lowest BCUT2D eigenvalue weighted by atomic mass is 9.90. The lowest BCUT2D eigenvalue weighted by Gasteiger charge is -2.24. The molecule has 1 aromatic heterocycles. The predicted octanol–water partition coefficient (Wildman–Crippen LogP) is 2.40. The third kappa shape index (κ3) is 3.19. The molecule has 0 unspecified atom stereocenters. The standard InChI is InChI=1S/C14H24N2O/c1-5-6-9-16-12(14(2,3)4)8-7-11(10-15)13(16)17/h7-8H,5-6,9-10,15H2,1-4H3. The van der Waals surface area contributed by atoms with E-state index in [-0.39, 0.29) is 11.0 Å². The fourth-order valence-electron chi connectivity index (χ4n) is 1.97. The van der Waals surface area contributed by atoms with Crippen LogP contribution in [0.15, 0.2) is 16.9 Å². The van der Waals surface area contributed by atoms with Gasteiger partial charge in [-0.1, -0.05) is 40.2 Å². The van der Waals surface area contributed by atoms with Crippen molar-refractivity contribution in [3.05, 3.63) is 33.7 Å². The molecule has 1 aromatic rings. The first-order valence-corrected chi connectivity index (χ1v) is 6.35. The summed E-state index contributed by atoms with van der Waals surface area (Å²) in [5.41, 5.74) is 7.45. The summed E-state index contributed by atoms with van der Waals surface area (Å²) in [6, 6.07) is 3.91. The summed E-state index contributed by atoms with van der Waals surface area (Å²) >= 11 is 0. The van der Waals surface area contributed by atoms with E-state index < -0.39 is 0 Å². The molecule has 0 aliphatic carbocycles. The van der Waals surface area contributed by atoms with Gasteiger partial charge in [-0.3, -0.25) is 4.79 Å². The fourth-order valence-corrected chi connectivity index (χ4v) is 1.97. The number of nitrogens with zero attached hydrogens (tertiary/aromatic N) is 1. The molecule has 0 saturated carbocycles. The minimum atomic E-state index is -0.0139. The molecule has 96 valence electrons.